The summed E-state index contributed by atoms with van der Waals surface area (Å²) in [4.78, 5) is 38.8. The van der Waals surface area contributed by atoms with Gasteiger partial charge in [-0.15, -0.1) is 0 Å². The minimum Gasteiger partial charge on any atom is -0.494 e. The first-order valence-electron chi connectivity index (χ1n) is 10.4. The molecule has 2 aromatic heterocycles. The monoisotopic (exact) mass is 442 g/mol. The number of carbonyl (C=O) groups is 1. The second-order valence-electron chi connectivity index (χ2n) is 7.25. The summed E-state index contributed by atoms with van der Waals surface area (Å²) in [5.74, 6) is 0.441. The third-order valence-electron chi connectivity index (χ3n) is 5.23. The van der Waals surface area contributed by atoms with Gasteiger partial charge >= 0.3 is 0 Å². The van der Waals surface area contributed by atoms with Crippen LogP contribution < -0.4 is 20.5 Å². The number of anilines is 2. The zero-order valence-corrected chi connectivity index (χ0v) is 18.5. The fraction of sp³-hybridized carbons (Fsp3) is 0.429. The number of thiazole rings is 1. The van der Waals surface area contributed by atoms with E-state index in [-0.39, 0.29) is 18.0 Å². The lowest BCUT2D eigenvalue weighted by Crippen LogP contribution is -2.46. The molecule has 0 bridgehead atoms. The van der Waals surface area contributed by atoms with Gasteiger partial charge in [0, 0.05) is 31.9 Å². The molecule has 3 heterocycles. The van der Waals surface area contributed by atoms with Crippen LogP contribution in [0.4, 0.5) is 10.8 Å². The standard InChI is InChI=1S/C21H26N6O3S/c1-3-25-9-11-26(12-10-25)21-24-19-18(31-21)20(29)27(14-22-19)13-17(28)23-15-5-7-16(8-6-15)30-4-2/h5-8,14H,3-4,9-13H2,1-2H3,(H,23,28). The molecule has 10 heteroatoms. The Kier molecular flexibility index (Phi) is 6.47. The van der Waals surface area contributed by atoms with Crippen molar-refractivity contribution in [2.75, 3.05) is 49.5 Å². The van der Waals surface area contributed by atoms with Gasteiger partial charge in [0.05, 0.1) is 6.61 Å². The second kappa shape index (κ2) is 9.44. The molecule has 0 aliphatic carbocycles. The van der Waals surface area contributed by atoms with Gasteiger partial charge in [0.15, 0.2) is 10.8 Å². The maximum Gasteiger partial charge on any atom is 0.273 e. The van der Waals surface area contributed by atoms with E-state index in [2.05, 4.69) is 32.0 Å². The zero-order valence-electron chi connectivity index (χ0n) is 17.7. The van der Waals surface area contributed by atoms with Crippen molar-refractivity contribution in [2.45, 2.75) is 20.4 Å². The molecular formula is C21H26N6O3S. The van der Waals surface area contributed by atoms with Gasteiger partial charge in [-0.3, -0.25) is 14.2 Å². The molecular weight excluding hydrogens is 416 g/mol. The molecule has 3 aromatic rings. The van der Waals surface area contributed by atoms with Crippen molar-refractivity contribution in [1.29, 1.82) is 0 Å². The summed E-state index contributed by atoms with van der Waals surface area (Å²) in [6.45, 7) is 9.31. The zero-order chi connectivity index (χ0) is 21.8. The van der Waals surface area contributed by atoms with E-state index in [4.69, 9.17) is 4.74 Å². The fourth-order valence-electron chi connectivity index (χ4n) is 3.49. The van der Waals surface area contributed by atoms with E-state index in [0.29, 0.717) is 22.6 Å². The van der Waals surface area contributed by atoms with Crippen molar-refractivity contribution < 1.29 is 9.53 Å². The van der Waals surface area contributed by atoms with E-state index in [1.165, 1.54) is 22.2 Å². The molecule has 0 atom stereocenters. The Bertz CT molecular complexity index is 1100. The van der Waals surface area contributed by atoms with Crippen LogP contribution in [0.5, 0.6) is 5.75 Å². The Balaban J connectivity index is 1.45. The summed E-state index contributed by atoms with van der Waals surface area (Å²) >= 11 is 1.35. The first-order valence-corrected chi connectivity index (χ1v) is 11.2. The fourth-order valence-corrected chi connectivity index (χ4v) is 4.52. The number of fused-ring (bicyclic) bond motifs is 1. The first-order chi connectivity index (χ1) is 15.1. The Hall–Kier alpha value is -2.98. The van der Waals surface area contributed by atoms with Crippen molar-refractivity contribution in [3.8, 4) is 5.75 Å². The Morgan fingerprint density at radius 3 is 2.58 bits per heavy atom. The normalized spacial score (nSPS) is 14.7. The van der Waals surface area contributed by atoms with Gasteiger partial charge in [0.1, 0.15) is 23.3 Å². The van der Waals surface area contributed by atoms with Gasteiger partial charge in [-0.1, -0.05) is 18.3 Å². The van der Waals surface area contributed by atoms with Crippen LogP contribution in [-0.2, 0) is 11.3 Å². The van der Waals surface area contributed by atoms with Crippen molar-refractivity contribution in [3.05, 3.63) is 40.9 Å². The Labute approximate surface area is 184 Å². The average Bonchev–Trinajstić information content (AvgIpc) is 3.22. The van der Waals surface area contributed by atoms with Crippen molar-refractivity contribution in [1.82, 2.24) is 19.4 Å². The SMILES string of the molecule is CCOc1ccc(NC(=O)Cn2cnc3nc(N4CCN(CC)CC4)sc3c2=O)cc1. The number of amides is 1. The molecule has 1 aromatic carbocycles. The Morgan fingerprint density at radius 2 is 1.90 bits per heavy atom. The number of hydrogen-bond donors (Lipinski definition) is 1. The maximum atomic E-state index is 12.9. The highest BCUT2D eigenvalue weighted by molar-refractivity contribution is 7.22. The summed E-state index contributed by atoms with van der Waals surface area (Å²) in [5.41, 5.74) is 0.829. The predicted molar refractivity (Wildman–Crippen MR) is 122 cm³/mol. The van der Waals surface area contributed by atoms with Gasteiger partial charge in [-0.2, -0.15) is 4.98 Å². The highest BCUT2D eigenvalue weighted by atomic mass is 32.1. The number of nitrogens with one attached hydrogen (secondary N) is 1. The van der Waals surface area contributed by atoms with Crippen LogP contribution in [-0.4, -0.2) is 64.7 Å². The summed E-state index contributed by atoms with van der Waals surface area (Å²) < 4.78 is 7.20. The lowest BCUT2D eigenvalue weighted by molar-refractivity contribution is -0.116. The van der Waals surface area contributed by atoms with Crippen LogP contribution >= 0.6 is 11.3 Å². The largest absolute Gasteiger partial charge is 0.494 e. The van der Waals surface area contributed by atoms with Crippen molar-refractivity contribution in [2.24, 2.45) is 0 Å². The molecule has 9 nitrogen and oxygen atoms in total. The number of piperazine rings is 1. The number of likely N-dealkylation sites (N-methyl/N-ethyl adjacent to an activating group) is 1. The summed E-state index contributed by atoms with van der Waals surface area (Å²) in [7, 11) is 0. The van der Waals surface area contributed by atoms with E-state index >= 15 is 0 Å². The highest BCUT2D eigenvalue weighted by Crippen LogP contribution is 2.26. The second-order valence-corrected chi connectivity index (χ2v) is 8.23. The van der Waals surface area contributed by atoms with Crippen LogP contribution in [0.1, 0.15) is 13.8 Å². The maximum absolute atomic E-state index is 12.9. The Morgan fingerprint density at radius 1 is 1.16 bits per heavy atom. The summed E-state index contributed by atoms with van der Waals surface area (Å²) in [6, 6.07) is 7.11. The number of carbonyl (C=O) groups excluding carboxylic acids is 1. The molecule has 0 saturated carbocycles. The third-order valence-corrected chi connectivity index (χ3v) is 6.32. The summed E-state index contributed by atoms with van der Waals surface area (Å²) in [5, 5.41) is 3.61. The molecule has 0 spiro atoms. The molecule has 1 fully saturated rings. The quantitative estimate of drug-likeness (QED) is 0.598. The molecule has 164 valence electrons. The number of rotatable bonds is 7. The summed E-state index contributed by atoms with van der Waals surface area (Å²) in [6.07, 6.45) is 1.39. The number of aromatic nitrogens is 3. The van der Waals surface area contributed by atoms with Crippen molar-refractivity contribution >= 4 is 38.4 Å². The number of nitrogens with zero attached hydrogens (tertiary/aromatic N) is 5. The van der Waals surface area contributed by atoms with Gasteiger partial charge in [-0.05, 0) is 37.7 Å². The molecule has 1 amide bonds. The predicted octanol–water partition coefficient (Wildman–Crippen LogP) is 2.03. The van der Waals surface area contributed by atoms with Gasteiger partial charge < -0.3 is 19.9 Å². The van der Waals surface area contributed by atoms with E-state index in [1.54, 1.807) is 24.3 Å². The van der Waals surface area contributed by atoms with E-state index < -0.39 is 0 Å². The number of ether oxygens (including phenoxy) is 1. The smallest absolute Gasteiger partial charge is 0.273 e. The van der Waals surface area contributed by atoms with Gasteiger partial charge in [0.2, 0.25) is 5.91 Å². The van der Waals surface area contributed by atoms with Gasteiger partial charge in [-0.25, -0.2) is 4.98 Å². The topological polar surface area (TPSA) is 92.6 Å². The van der Waals surface area contributed by atoms with Crippen LogP contribution in [0.3, 0.4) is 0 Å². The van der Waals surface area contributed by atoms with E-state index in [9.17, 15) is 9.59 Å². The third kappa shape index (κ3) is 4.86. The highest BCUT2D eigenvalue weighted by Gasteiger charge is 2.20. The van der Waals surface area contributed by atoms with Crippen LogP contribution in [0.2, 0.25) is 0 Å². The minimum atomic E-state index is -0.298. The molecule has 1 N–H and O–H groups in total. The molecule has 0 radical (unpaired) electrons. The molecule has 0 unspecified atom stereocenters. The number of benzene rings is 1. The lowest BCUT2D eigenvalue weighted by Gasteiger charge is -2.33. The lowest BCUT2D eigenvalue weighted by atomic mass is 10.3. The van der Waals surface area contributed by atoms with E-state index in [0.717, 1.165) is 43.6 Å². The molecule has 1 aliphatic rings. The van der Waals surface area contributed by atoms with Crippen LogP contribution in [0.15, 0.2) is 35.4 Å². The first kappa shape index (κ1) is 21.3. The number of hydrogen-bond acceptors (Lipinski definition) is 8. The molecule has 1 aliphatic heterocycles. The van der Waals surface area contributed by atoms with E-state index in [1.807, 2.05) is 6.92 Å². The molecule has 31 heavy (non-hydrogen) atoms. The van der Waals surface area contributed by atoms with Crippen LogP contribution in [0, 0.1) is 0 Å². The van der Waals surface area contributed by atoms with Gasteiger partial charge in [0.25, 0.3) is 5.56 Å². The molecule has 1 saturated heterocycles. The molecule has 4 rings (SSSR count). The average molecular weight is 443 g/mol. The minimum absolute atomic E-state index is 0.114. The van der Waals surface area contributed by atoms with Crippen molar-refractivity contribution in [3.63, 3.8) is 0 Å². The van der Waals surface area contributed by atoms with Crippen LogP contribution in [0.25, 0.3) is 10.3 Å².